The maximum atomic E-state index is 12.7. The molecule has 11 nitrogen and oxygen atoms in total. The molecule has 3 aromatic rings. The van der Waals surface area contributed by atoms with Gasteiger partial charge in [0.1, 0.15) is 19.2 Å². The van der Waals surface area contributed by atoms with E-state index in [-0.39, 0.29) is 19.6 Å². The van der Waals surface area contributed by atoms with Gasteiger partial charge in [-0.2, -0.15) is 0 Å². The Balaban J connectivity index is 1.61. The summed E-state index contributed by atoms with van der Waals surface area (Å²) < 4.78 is 6.33. The molecule has 0 aliphatic heterocycles. The zero-order chi connectivity index (χ0) is 22.1. The predicted octanol–water partition coefficient (Wildman–Crippen LogP) is 0.998. The summed E-state index contributed by atoms with van der Waals surface area (Å²) in [4.78, 5) is 40.2. The van der Waals surface area contributed by atoms with Gasteiger partial charge in [-0.05, 0) is 28.1 Å². The standard InChI is InChI=1S/C20H20N6O5/c27-17(12-26-18(23-24-25-26)10-15-8-4-5-9-21-15)16(11-19(28)29)22-20(30)31-13-14-6-2-1-3-7-14/h1-9,16H,10-13H2,(H,22,30)(H,28,29). The minimum Gasteiger partial charge on any atom is -0.481 e. The number of rotatable bonds is 10. The number of carbonyl (C=O) groups is 3. The van der Waals surface area contributed by atoms with E-state index in [2.05, 4.69) is 25.8 Å². The average molecular weight is 424 g/mol. The molecule has 0 saturated heterocycles. The molecule has 1 aromatic carbocycles. The second kappa shape index (κ2) is 10.6. The Morgan fingerprint density at radius 2 is 1.87 bits per heavy atom. The van der Waals surface area contributed by atoms with Crippen LogP contribution >= 0.6 is 0 Å². The van der Waals surface area contributed by atoms with Gasteiger partial charge < -0.3 is 15.2 Å². The molecule has 1 atom stereocenters. The largest absolute Gasteiger partial charge is 0.481 e. The second-order valence-electron chi connectivity index (χ2n) is 6.57. The lowest BCUT2D eigenvalue weighted by Crippen LogP contribution is -2.44. The molecule has 0 radical (unpaired) electrons. The molecule has 2 N–H and O–H groups in total. The molecule has 2 aromatic heterocycles. The van der Waals surface area contributed by atoms with Crippen LogP contribution in [0.25, 0.3) is 0 Å². The summed E-state index contributed by atoms with van der Waals surface area (Å²) in [6.07, 6.45) is 0.422. The molecule has 11 heteroatoms. The van der Waals surface area contributed by atoms with E-state index >= 15 is 0 Å². The Bertz CT molecular complexity index is 1020. The summed E-state index contributed by atoms with van der Waals surface area (Å²) in [7, 11) is 0. The number of alkyl carbamates (subject to hydrolysis) is 1. The number of pyridine rings is 1. The van der Waals surface area contributed by atoms with Crippen LogP contribution in [0, 0.1) is 0 Å². The number of ketones is 1. The van der Waals surface area contributed by atoms with Crippen LogP contribution in [0.4, 0.5) is 4.79 Å². The SMILES string of the molecule is O=C(O)CC(NC(=O)OCc1ccccc1)C(=O)Cn1nnnc1Cc1ccccn1. The molecule has 0 saturated carbocycles. The van der Waals surface area contributed by atoms with Gasteiger partial charge in [0.2, 0.25) is 0 Å². The summed E-state index contributed by atoms with van der Waals surface area (Å²) >= 11 is 0. The van der Waals surface area contributed by atoms with Crippen molar-refractivity contribution in [1.82, 2.24) is 30.5 Å². The molecule has 0 fully saturated rings. The van der Waals surface area contributed by atoms with Crippen molar-refractivity contribution in [2.24, 2.45) is 0 Å². The van der Waals surface area contributed by atoms with E-state index in [1.54, 1.807) is 42.6 Å². The monoisotopic (exact) mass is 424 g/mol. The van der Waals surface area contributed by atoms with Crippen molar-refractivity contribution in [1.29, 1.82) is 0 Å². The number of tetrazole rings is 1. The topological polar surface area (TPSA) is 149 Å². The molecule has 0 aliphatic carbocycles. The Labute approximate surface area is 177 Å². The summed E-state index contributed by atoms with van der Waals surface area (Å²) in [6.45, 7) is -0.325. The Kier molecular flexibility index (Phi) is 7.35. The molecule has 2 heterocycles. The van der Waals surface area contributed by atoms with Crippen LogP contribution in [-0.2, 0) is 33.9 Å². The van der Waals surface area contributed by atoms with Gasteiger partial charge in [-0.1, -0.05) is 36.4 Å². The van der Waals surface area contributed by atoms with Crippen LogP contribution < -0.4 is 5.32 Å². The summed E-state index contributed by atoms with van der Waals surface area (Å²) in [5.74, 6) is -1.44. The first-order chi connectivity index (χ1) is 15.0. The van der Waals surface area contributed by atoms with Crippen molar-refractivity contribution in [2.75, 3.05) is 0 Å². The highest BCUT2D eigenvalue weighted by Crippen LogP contribution is 2.06. The fraction of sp³-hybridized carbons (Fsp3) is 0.250. The molecule has 0 bridgehead atoms. The lowest BCUT2D eigenvalue weighted by atomic mass is 10.1. The maximum absolute atomic E-state index is 12.7. The predicted molar refractivity (Wildman–Crippen MR) is 106 cm³/mol. The molecule has 0 aliphatic rings. The number of benzene rings is 1. The van der Waals surface area contributed by atoms with Crippen LogP contribution in [0.1, 0.15) is 23.5 Å². The lowest BCUT2D eigenvalue weighted by Gasteiger charge is -2.16. The smallest absolute Gasteiger partial charge is 0.408 e. The number of hydrogen-bond acceptors (Lipinski definition) is 8. The maximum Gasteiger partial charge on any atom is 0.408 e. The Hall–Kier alpha value is -4.15. The number of carboxylic acids is 1. The third kappa shape index (κ3) is 6.70. The minimum absolute atomic E-state index is 0.0120. The Morgan fingerprint density at radius 3 is 2.58 bits per heavy atom. The molecule has 0 spiro atoms. The van der Waals surface area contributed by atoms with E-state index in [9.17, 15) is 14.4 Å². The first-order valence-electron chi connectivity index (χ1n) is 9.38. The van der Waals surface area contributed by atoms with Crippen molar-refractivity contribution in [2.45, 2.75) is 32.0 Å². The zero-order valence-electron chi connectivity index (χ0n) is 16.4. The first kappa shape index (κ1) is 21.6. The Morgan fingerprint density at radius 1 is 1.10 bits per heavy atom. The van der Waals surface area contributed by atoms with Crippen molar-refractivity contribution in [3.05, 3.63) is 71.8 Å². The van der Waals surface area contributed by atoms with Crippen LogP contribution in [0.5, 0.6) is 0 Å². The molecule has 1 unspecified atom stereocenters. The van der Waals surface area contributed by atoms with Gasteiger partial charge in [0.15, 0.2) is 11.6 Å². The van der Waals surface area contributed by atoms with E-state index in [1.807, 2.05) is 12.1 Å². The minimum atomic E-state index is -1.30. The number of carboxylic acid groups (broad SMARTS) is 1. The van der Waals surface area contributed by atoms with E-state index in [1.165, 1.54) is 4.68 Å². The molecule has 1 amide bonds. The quantitative estimate of drug-likeness (QED) is 0.486. The van der Waals surface area contributed by atoms with Crippen molar-refractivity contribution >= 4 is 17.8 Å². The highest BCUT2D eigenvalue weighted by molar-refractivity contribution is 5.90. The summed E-state index contributed by atoms with van der Waals surface area (Å²) in [5, 5.41) is 22.7. The van der Waals surface area contributed by atoms with Crippen LogP contribution in [0.2, 0.25) is 0 Å². The summed E-state index contributed by atoms with van der Waals surface area (Å²) in [5.41, 5.74) is 1.46. The summed E-state index contributed by atoms with van der Waals surface area (Å²) in [6, 6.07) is 13.0. The number of carbonyl (C=O) groups excluding carboxylic acids is 2. The van der Waals surface area contributed by atoms with Gasteiger partial charge in [-0.3, -0.25) is 14.6 Å². The normalized spacial score (nSPS) is 11.5. The van der Waals surface area contributed by atoms with Gasteiger partial charge in [-0.25, -0.2) is 9.48 Å². The number of aromatic nitrogens is 5. The third-order valence-corrected chi connectivity index (χ3v) is 4.25. The van der Waals surface area contributed by atoms with Crippen molar-refractivity contribution in [3.8, 4) is 0 Å². The zero-order valence-corrected chi connectivity index (χ0v) is 16.4. The number of amides is 1. The van der Waals surface area contributed by atoms with Gasteiger partial charge >= 0.3 is 12.1 Å². The second-order valence-corrected chi connectivity index (χ2v) is 6.57. The average Bonchev–Trinajstić information content (AvgIpc) is 3.19. The lowest BCUT2D eigenvalue weighted by molar-refractivity contribution is -0.139. The molecule has 3 rings (SSSR count). The molecular formula is C20H20N6O5. The highest BCUT2D eigenvalue weighted by Gasteiger charge is 2.26. The van der Waals surface area contributed by atoms with E-state index in [0.29, 0.717) is 11.5 Å². The van der Waals surface area contributed by atoms with Crippen molar-refractivity contribution in [3.63, 3.8) is 0 Å². The van der Waals surface area contributed by atoms with E-state index in [4.69, 9.17) is 9.84 Å². The molecular weight excluding hydrogens is 404 g/mol. The number of ether oxygens (including phenoxy) is 1. The number of Topliss-reactive ketones (excluding diaryl/α,β-unsaturated/α-hetero) is 1. The first-order valence-corrected chi connectivity index (χ1v) is 9.38. The van der Waals surface area contributed by atoms with Crippen LogP contribution in [-0.4, -0.2) is 54.2 Å². The van der Waals surface area contributed by atoms with Crippen molar-refractivity contribution < 1.29 is 24.2 Å². The molecule has 31 heavy (non-hydrogen) atoms. The highest BCUT2D eigenvalue weighted by atomic mass is 16.5. The van der Waals surface area contributed by atoms with Gasteiger partial charge in [-0.15, -0.1) is 5.10 Å². The van der Waals surface area contributed by atoms with Crippen LogP contribution in [0.3, 0.4) is 0 Å². The van der Waals surface area contributed by atoms with E-state index in [0.717, 1.165) is 5.56 Å². The fourth-order valence-electron chi connectivity index (χ4n) is 2.72. The number of nitrogens with zero attached hydrogens (tertiary/aromatic N) is 5. The number of aliphatic carboxylic acids is 1. The van der Waals surface area contributed by atoms with Gasteiger partial charge in [0.25, 0.3) is 0 Å². The number of nitrogens with one attached hydrogen (secondary N) is 1. The third-order valence-electron chi connectivity index (χ3n) is 4.25. The number of hydrogen-bond donors (Lipinski definition) is 2. The van der Waals surface area contributed by atoms with Gasteiger partial charge in [0, 0.05) is 11.9 Å². The van der Waals surface area contributed by atoms with Gasteiger partial charge in [0.05, 0.1) is 12.8 Å². The molecule has 160 valence electrons. The van der Waals surface area contributed by atoms with E-state index < -0.39 is 30.3 Å². The fourth-order valence-corrected chi connectivity index (χ4v) is 2.72. The van der Waals surface area contributed by atoms with Crippen LogP contribution in [0.15, 0.2) is 54.7 Å².